The number of ketones is 1. The van der Waals surface area contributed by atoms with Gasteiger partial charge in [-0.3, -0.25) is 14.5 Å². The average Bonchev–Trinajstić information content (AvgIpc) is 2.60. The SMILES string of the molecule is CC(C)C(=O)CN1CCC(CCC2CCN(C(=O)CO)CC2)CC1. The molecule has 2 aliphatic heterocycles. The largest absolute Gasteiger partial charge is 0.387 e. The molecular weight excluding hydrogens is 304 g/mol. The first kappa shape index (κ1) is 19.4. The Labute approximate surface area is 146 Å². The molecule has 5 heteroatoms. The Morgan fingerprint density at radius 3 is 1.92 bits per heavy atom. The summed E-state index contributed by atoms with van der Waals surface area (Å²) in [4.78, 5) is 27.4. The molecule has 0 aromatic carbocycles. The van der Waals surface area contributed by atoms with E-state index in [-0.39, 0.29) is 18.4 Å². The number of amides is 1. The second-order valence-electron chi connectivity index (χ2n) is 7.90. The maximum atomic E-state index is 11.8. The van der Waals surface area contributed by atoms with Crippen molar-refractivity contribution < 1.29 is 14.7 Å². The Morgan fingerprint density at radius 2 is 1.46 bits per heavy atom. The summed E-state index contributed by atoms with van der Waals surface area (Å²) in [5.41, 5.74) is 0. The molecule has 0 spiro atoms. The van der Waals surface area contributed by atoms with Gasteiger partial charge in [-0.15, -0.1) is 0 Å². The van der Waals surface area contributed by atoms with Crippen molar-refractivity contribution >= 4 is 11.7 Å². The third-order valence-electron chi connectivity index (χ3n) is 5.82. The summed E-state index contributed by atoms with van der Waals surface area (Å²) >= 11 is 0. The number of aliphatic hydroxyl groups excluding tert-OH is 1. The van der Waals surface area contributed by atoms with E-state index < -0.39 is 0 Å². The van der Waals surface area contributed by atoms with Crippen LogP contribution in [0.15, 0.2) is 0 Å². The lowest BCUT2D eigenvalue weighted by molar-refractivity contribution is -0.135. The van der Waals surface area contributed by atoms with Crippen molar-refractivity contribution in [1.29, 1.82) is 0 Å². The van der Waals surface area contributed by atoms with Gasteiger partial charge in [0.2, 0.25) is 5.91 Å². The highest BCUT2D eigenvalue weighted by Gasteiger charge is 2.25. The average molecular weight is 338 g/mol. The number of Topliss-reactive ketones (excluding diaryl/α,β-unsaturated/α-hetero) is 1. The molecule has 0 atom stereocenters. The standard InChI is InChI=1S/C19H34N2O3/c1-15(2)18(23)13-20-9-5-16(6-10-20)3-4-17-7-11-21(12-8-17)19(24)14-22/h15-17,22H,3-14H2,1-2H3. The first-order valence-corrected chi connectivity index (χ1v) is 9.63. The number of carbonyl (C=O) groups is 2. The predicted octanol–water partition coefficient (Wildman–Crippen LogP) is 1.93. The van der Waals surface area contributed by atoms with Crippen molar-refractivity contribution in [2.45, 2.75) is 52.4 Å². The van der Waals surface area contributed by atoms with Crippen molar-refractivity contribution in [2.24, 2.45) is 17.8 Å². The Bertz CT molecular complexity index is 409. The van der Waals surface area contributed by atoms with Gasteiger partial charge >= 0.3 is 0 Å². The minimum atomic E-state index is -0.359. The number of hydrogen-bond acceptors (Lipinski definition) is 4. The normalized spacial score (nSPS) is 21.4. The van der Waals surface area contributed by atoms with Gasteiger partial charge in [0.1, 0.15) is 12.4 Å². The molecule has 0 aromatic rings. The van der Waals surface area contributed by atoms with Crippen LogP contribution in [0.3, 0.4) is 0 Å². The predicted molar refractivity (Wildman–Crippen MR) is 94.6 cm³/mol. The van der Waals surface area contributed by atoms with E-state index in [2.05, 4.69) is 4.90 Å². The molecule has 24 heavy (non-hydrogen) atoms. The zero-order valence-electron chi connectivity index (χ0n) is 15.4. The Morgan fingerprint density at radius 1 is 0.958 bits per heavy atom. The summed E-state index contributed by atoms with van der Waals surface area (Å²) in [5.74, 6) is 1.90. The Balaban J connectivity index is 1.60. The van der Waals surface area contributed by atoms with E-state index in [1.165, 1.54) is 25.7 Å². The monoisotopic (exact) mass is 338 g/mol. The summed E-state index contributed by atoms with van der Waals surface area (Å²) in [5, 5.41) is 8.92. The van der Waals surface area contributed by atoms with Crippen LogP contribution in [0, 0.1) is 17.8 Å². The van der Waals surface area contributed by atoms with Gasteiger partial charge in [0.25, 0.3) is 0 Å². The van der Waals surface area contributed by atoms with Crippen LogP contribution in [0.1, 0.15) is 52.4 Å². The molecule has 2 fully saturated rings. The topological polar surface area (TPSA) is 60.9 Å². The van der Waals surface area contributed by atoms with Gasteiger partial charge in [-0.25, -0.2) is 0 Å². The minimum absolute atomic E-state index is 0.128. The minimum Gasteiger partial charge on any atom is -0.387 e. The number of nitrogens with zero attached hydrogens (tertiary/aromatic N) is 2. The summed E-state index contributed by atoms with van der Waals surface area (Å²) in [6.07, 6.45) is 7.13. The fourth-order valence-electron chi connectivity index (χ4n) is 3.88. The van der Waals surface area contributed by atoms with Gasteiger partial charge in [0.05, 0.1) is 6.54 Å². The van der Waals surface area contributed by atoms with Crippen LogP contribution in [-0.2, 0) is 9.59 Å². The quantitative estimate of drug-likeness (QED) is 0.770. The fraction of sp³-hybridized carbons (Fsp3) is 0.895. The third-order valence-corrected chi connectivity index (χ3v) is 5.82. The van der Waals surface area contributed by atoms with Crippen molar-refractivity contribution in [3.05, 3.63) is 0 Å². The van der Waals surface area contributed by atoms with E-state index in [1.807, 2.05) is 13.8 Å². The van der Waals surface area contributed by atoms with Gasteiger partial charge in [-0.1, -0.05) is 26.7 Å². The van der Waals surface area contributed by atoms with Gasteiger partial charge in [-0.2, -0.15) is 0 Å². The van der Waals surface area contributed by atoms with E-state index >= 15 is 0 Å². The highest BCUT2D eigenvalue weighted by molar-refractivity contribution is 5.82. The number of carbonyl (C=O) groups excluding carboxylic acids is 2. The van der Waals surface area contributed by atoms with Crippen LogP contribution in [-0.4, -0.2) is 65.9 Å². The van der Waals surface area contributed by atoms with Crippen LogP contribution in [0.4, 0.5) is 0 Å². The summed E-state index contributed by atoms with van der Waals surface area (Å²) in [6, 6.07) is 0. The number of hydrogen-bond donors (Lipinski definition) is 1. The molecule has 1 amide bonds. The van der Waals surface area contributed by atoms with E-state index in [4.69, 9.17) is 5.11 Å². The molecule has 138 valence electrons. The van der Waals surface area contributed by atoms with Gasteiger partial charge in [0.15, 0.2) is 0 Å². The van der Waals surface area contributed by atoms with Crippen molar-refractivity contribution in [3.8, 4) is 0 Å². The molecule has 2 rings (SSSR count). The lowest BCUT2D eigenvalue weighted by atomic mass is 9.85. The van der Waals surface area contributed by atoms with Gasteiger partial charge in [-0.05, 0) is 50.6 Å². The van der Waals surface area contributed by atoms with E-state index in [0.717, 1.165) is 50.9 Å². The highest BCUT2D eigenvalue weighted by atomic mass is 16.3. The molecule has 0 aliphatic carbocycles. The maximum absolute atomic E-state index is 11.8. The van der Waals surface area contributed by atoms with E-state index in [1.54, 1.807) is 4.90 Å². The van der Waals surface area contributed by atoms with Crippen LogP contribution in [0.2, 0.25) is 0 Å². The number of piperidine rings is 2. The second-order valence-corrected chi connectivity index (χ2v) is 7.90. The smallest absolute Gasteiger partial charge is 0.248 e. The zero-order chi connectivity index (χ0) is 17.5. The molecule has 2 saturated heterocycles. The summed E-state index contributed by atoms with van der Waals surface area (Å²) < 4.78 is 0. The molecular formula is C19H34N2O3. The van der Waals surface area contributed by atoms with Crippen molar-refractivity contribution in [1.82, 2.24) is 9.80 Å². The van der Waals surface area contributed by atoms with Gasteiger partial charge in [0, 0.05) is 19.0 Å². The van der Waals surface area contributed by atoms with Gasteiger partial charge < -0.3 is 10.0 Å². The molecule has 0 saturated carbocycles. The molecule has 0 aromatic heterocycles. The number of rotatable bonds is 7. The molecule has 5 nitrogen and oxygen atoms in total. The first-order valence-electron chi connectivity index (χ1n) is 9.63. The Kier molecular flexibility index (Phi) is 7.69. The fourth-order valence-corrected chi connectivity index (χ4v) is 3.88. The number of aliphatic hydroxyl groups is 1. The van der Waals surface area contributed by atoms with Crippen LogP contribution >= 0.6 is 0 Å². The second kappa shape index (κ2) is 9.52. The molecule has 2 heterocycles. The summed E-state index contributed by atoms with van der Waals surface area (Å²) in [7, 11) is 0. The lowest BCUT2D eigenvalue weighted by Crippen LogP contribution is -2.40. The maximum Gasteiger partial charge on any atom is 0.248 e. The molecule has 2 aliphatic rings. The summed E-state index contributed by atoms with van der Waals surface area (Å²) in [6.45, 7) is 7.96. The molecule has 0 unspecified atom stereocenters. The molecule has 0 bridgehead atoms. The van der Waals surface area contributed by atoms with Crippen LogP contribution in [0.25, 0.3) is 0 Å². The zero-order valence-corrected chi connectivity index (χ0v) is 15.4. The molecule has 1 N–H and O–H groups in total. The van der Waals surface area contributed by atoms with E-state index in [0.29, 0.717) is 12.3 Å². The van der Waals surface area contributed by atoms with Crippen LogP contribution < -0.4 is 0 Å². The lowest BCUT2D eigenvalue weighted by Gasteiger charge is -2.34. The van der Waals surface area contributed by atoms with E-state index in [9.17, 15) is 9.59 Å². The van der Waals surface area contributed by atoms with Crippen molar-refractivity contribution in [3.63, 3.8) is 0 Å². The van der Waals surface area contributed by atoms with Crippen molar-refractivity contribution in [2.75, 3.05) is 39.3 Å². The van der Waals surface area contributed by atoms with Crippen LogP contribution in [0.5, 0.6) is 0 Å². The highest BCUT2D eigenvalue weighted by Crippen LogP contribution is 2.28. The molecule has 0 radical (unpaired) electrons. The first-order chi connectivity index (χ1) is 11.5. The third kappa shape index (κ3) is 5.85. The number of likely N-dealkylation sites (tertiary alicyclic amines) is 2. The Hall–Kier alpha value is -0.940.